The van der Waals surface area contributed by atoms with E-state index in [-0.39, 0.29) is 5.54 Å². The van der Waals surface area contributed by atoms with E-state index >= 15 is 0 Å². The zero-order valence-electron chi connectivity index (χ0n) is 7.40. The van der Waals surface area contributed by atoms with Gasteiger partial charge in [-0.05, 0) is 12.8 Å². The number of hydrogen-bond acceptors (Lipinski definition) is 5. The summed E-state index contributed by atoms with van der Waals surface area (Å²) in [6, 6.07) is 0. The number of nitrogens with two attached hydrogens (primary N) is 1. The van der Waals surface area contributed by atoms with Gasteiger partial charge in [0.2, 0.25) is 11.7 Å². The molecule has 1 saturated carbocycles. The Balaban J connectivity index is 1.98. The Kier molecular flexibility index (Phi) is 1.33. The second kappa shape index (κ2) is 2.42. The average molecular weight is 191 g/mol. The first kappa shape index (κ1) is 7.69. The highest BCUT2D eigenvalue weighted by molar-refractivity contribution is 5.41. The van der Waals surface area contributed by atoms with Crippen LogP contribution in [0.1, 0.15) is 18.7 Å². The summed E-state index contributed by atoms with van der Waals surface area (Å²) in [5, 5.41) is 3.81. The number of imidazole rings is 1. The van der Waals surface area contributed by atoms with Crippen molar-refractivity contribution in [3.8, 4) is 11.6 Å². The van der Waals surface area contributed by atoms with Gasteiger partial charge in [-0.25, -0.2) is 4.98 Å². The van der Waals surface area contributed by atoms with Gasteiger partial charge in [-0.3, -0.25) is 0 Å². The smallest absolute Gasteiger partial charge is 0.247 e. The highest BCUT2D eigenvalue weighted by Crippen LogP contribution is 2.41. The number of hydrogen-bond donors (Lipinski definition) is 2. The Hall–Kier alpha value is -1.69. The Morgan fingerprint density at radius 1 is 1.50 bits per heavy atom. The van der Waals surface area contributed by atoms with Crippen LogP contribution in [0.4, 0.5) is 0 Å². The van der Waals surface area contributed by atoms with Crippen molar-refractivity contribution < 1.29 is 4.52 Å². The molecule has 72 valence electrons. The third-order valence-electron chi connectivity index (χ3n) is 2.35. The van der Waals surface area contributed by atoms with Crippen molar-refractivity contribution in [2.45, 2.75) is 18.4 Å². The molecule has 14 heavy (non-hydrogen) atoms. The molecule has 1 aliphatic carbocycles. The van der Waals surface area contributed by atoms with Crippen molar-refractivity contribution in [1.29, 1.82) is 0 Å². The van der Waals surface area contributed by atoms with Crippen LogP contribution in [0.3, 0.4) is 0 Å². The molecule has 0 aliphatic heterocycles. The Morgan fingerprint density at radius 3 is 3.00 bits per heavy atom. The topological polar surface area (TPSA) is 93.6 Å². The molecule has 0 radical (unpaired) electrons. The van der Waals surface area contributed by atoms with Crippen molar-refractivity contribution in [2.24, 2.45) is 5.73 Å². The van der Waals surface area contributed by atoms with Crippen LogP contribution >= 0.6 is 0 Å². The molecule has 0 bridgehead atoms. The van der Waals surface area contributed by atoms with E-state index in [0.717, 1.165) is 12.8 Å². The molecule has 0 amide bonds. The fourth-order valence-corrected chi connectivity index (χ4v) is 1.26. The number of nitrogens with zero attached hydrogens (tertiary/aromatic N) is 3. The van der Waals surface area contributed by atoms with Gasteiger partial charge in [0, 0.05) is 12.4 Å². The van der Waals surface area contributed by atoms with Gasteiger partial charge >= 0.3 is 0 Å². The van der Waals surface area contributed by atoms with Crippen LogP contribution in [0.2, 0.25) is 0 Å². The summed E-state index contributed by atoms with van der Waals surface area (Å²) in [4.78, 5) is 11.1. The number of aromatic amines is 1. The van der Waals surface area contributed by atoms with Crippen molar-refractivity contribution in [3.05, 3.63) is 18.3 Å². The maximum atomic E-state index is 5.91. The standard InChI is InChI=1S/C8H9N5O/c9-8(1-2-8)7-12-6(13-14-7)5-10-3-4-11-5/h3-4H,1-2,9H2,(H,10,11). The van der Waals surface area contributed by atoms with Crippen molar-refractivity contribution in [2.75, 3.05) is 0 Å². The first-order chi connectivity index (χ1) is 6.78. The fourth-order valence-electron chi connectivity index (χ4n) is 1.26. The van der Waals surface area contributed by atoms with Crippen molar-refractivity contribution in [1.82, 2.24) is 20.1 Å². The average Bonchev–Trinajstić information content (AvgIpc) is 2.73. The van der Waals surface area contributed by atoms with E-state index in [4.69, 9.17) is 10.3 Å². The Labute approximate surface area is 79.5 Å². The van der Waals surface area contributed by atoms with E-state index in [1.807, 2.05) is 0 Å². The number of nitrogens with one attached hydrogen (secondary N) is 1. The Morgan fingerprint density at radius 2 is 2.36 bits per heavy atom. The molecule has 1 aliphatic rings. The highest BCUT2D eigenvalue weighted by Gasteiger charge is 2.45. The first-order valence-electron chi connectivity index (χ1n) is 4.41. The van der Waals surface area contributed by atoms with E-state index in [1.165, 1.54) is 0 Å². The molecule has 2 heterocycles. The molecule has 3 N–H and O–H groups in total. The van der Waals surface area contributed by atoms with E-state index in [9.17, 15) is 0 Å². The number of aromatic nitrogens is 4. The molecular weight excluding hydrogens is 182 g/mol. The van der Waals surface area contributed by atoms with Crippen LogP contribution < -0.4 is 5.73 Å². The minimum atomic E-state index is -0.377. The molecule has 6 heteroatoms. The summed E-state index contributed by atoms with van der Waals surface area (Å²) in [6.07, 6.45) is 5.17. The summed E-state index contributed by atoms with van der Waals surface area (Å²) < 4.78 is 5.07. The minimum absolute atomic E-state index is 0.377. The van der Waals surface area contributed by atoms with Crippen LogP contribution in [0.5, 0.6) is 0 Å². The molecular formula is C8H9N5O. The second-order valence-electron chi connectivity index (χ2n) is 3.52. The van der Waals surface area contributed by atoms with Crippen LogP contribution in [-0.4, -0.2) is 20.1 Å². The lowest BCUT2D eigenvalue weighted by Crippen LogP contribution is -2.18. The van der Waals surface area contributed by atoms with Gasteiger partial charge in [-0.15, -0.1) is 0 Å². The lowest BCUT2D eigenvalue weighted by Gasteiger charge is -1.97. The quantitative estimate of drug-likeness (QED) is 0.716. The molecule has 0 spiro atoms. The molecule has 3 rings (SSSR count). The van der Waals surface area contributed by atoms with Gasteiger partial charge in [0.25, 0.3) is 0 Å². The zero-order valence-corrected chi connectivity index (χ0v) is 7.40. The Bertz CT molecular complexity index is 442. The molecule has 0 aromatic carbocycles. The van der Waals surface area contributed by atoms with Gasteiger partial charge in [0.15, 0.2) is 5.82 Å². The van der Waals surface area contributed by atoms with E-state index in [0.29, 0.717) is 17.5 Å². The zero-order chi connectivity index (χ0) is 9.60. The highest BCUT2D eigenvalue weighted by atomic mass is 16.5. The van der Waals surface area contributed by atoms with Crippen LogP contribution in [0.25, 0.3) is 11.6 Å². The van der Waals surface area contributed by atoms with Gasteiger partial charge in [0.1, 0.15) is 0 Å². The number of H-pyrrole nitrogens is 1. The summed E-state index contributed by atoms with van der Waals surface area (Å²) in [6.45, 7) is 0. The van der Waals surface area contributed by atoms with Gasteiger partial charge in [0.05, 0.1) is 5.54 Å². The van der Waals surface area contributed by atoms with Crippen molar-refractivity contribution in [3.63, 3.8) is 0 Å². The second-order valence-corrected chi connectivity index (χ2v) is 3.52. The molecule has 0 atom stereocenters. The molecule has 0 saturated heterocycles. The minimum Gasteiger partial charge on any atom is -0.342 e. The predicted octanol–water partition coefficient (Wildman–Crippen LogP) is 0.408. The maximum Gasteiger partial charge on any atom is 0.247 e. The van der Waals surface area contributed by atoms with Crippen LogP contribution in [0, 0.1) is 0 Å². The summed E-state index contributed by atoms with van der Waals surface area (Å²) in [5.74, 6) is 1.56. The molecule has 2 aromatic rings. The first-order valence-corrected chi connectivity index (χ1v) is 4.41. The van der Waals surface area contributed by atoms with Crippen LogP contribution in [-0.2, 0) is 5.54 Å². The molecule has 0 unspecified atom stereocenters. The van der Waals surface area contributed by atoms with E-state index in [1.54, 1.807) is 12.4 Å². The summed E-state index contributed by atoms with van der Waals surface area (Å²) in [7, 11) is 0. The molecule has 1 fully saturated rings. The van der Waals surface area contributed by atoms with Crippen molar-refractivity contribution >= 4 is 0 Å². The maximum absolute atomic E-state index is 5.91. The van der Waals surface area contributed by atoms with E-state index < -0.39 is 0 Å². The summed E-state index contributed by atoms with van der Waals surface area (Å²) >= 11 is 0. The third kappa shape index (κ3) is 1.04. The van der Waals surface area contributed by atoms with Gasteiger partial charge in [-0.2, -0.15) is 4.98 Å². The van der Waals surface area contributed by atoms with Gasteiger partial charge < -0.3 is 15.2 Å². The fraction of sp³-hybridized carbons (Fsp3) is 0.375. The van der Waals surface area contributed by atoms with E-state index in [2.05, 4.69) is 20.1 Å². The SMILES string of the molecule is NC1(c2nc(-c3ncc[nH]3)no2)CC1. The largest absolute Gasteiger partial charge is 0.342 e. The normalized spacial score (nSPS) is 18.4. The predicted molar refractivity (Wildman–Crippen MR) is 47.0 cm³/mol. The lowest BCUT2D eigenvalue weighted by molar-refractivity contribution is 0.348. The van der Waals surface area contributed by atoms with Gasteiger partial charge in [-0.1, -0.05) is 5.16 Å². The van der Waals surface area contributed by atoms with Crippen LogP contribution in [0.15, 0.2) is 16.9 Å². The molecule has 6 nitrogen and oxygen atoms in total. The monoisotopic (exact) mass is 191 g/mol. The number of rotatable bonds is 2. The lowest BCUT2D eigenvalue weighted by atomic mass is 10.3. The molecule has 2 aromatic heterocycles. The summed E-state index contributed by atoms with van der Waals surface area (Å²) in [5.41, 5.74) is 5.53. The third-order valence-corrected chi connectivity index (χ3v) is 2.35.